The summed E-state index contributed by atoms with van der Waals surface area (Å²) in [7, 11) is 0. The van der Waals surface area contributed by atoms with Crippen molar-refractivity contribution in [1.82, 2.24) is 0 Å². The van der Waals surface area contributed by atoms with E-state index >= 15 is 0 Å². The Balaban J connectivity index is 2.69. The van der Waals surface area contributed by atoms with Crippen LogP contribution in [0.3, 0.4) is 0 Å². The molecule has 0 amide bonds. The fourth-order valence-electron chi connectivity index (χ4n) is 2.55. The molecule has 0 aliphatic carbocycles. The van der Waals surface area contributed by atoms with Gasteiger partial charge in [-0.2, -0.15) is 0 Å². The lowest BCUT2D eigenvalue weighted by molar-refractivity contribution is 0.0931. The monoisotopic (exact) mass is 246 g/mol. The van der Waals surface area contributed by atoms with E-state index < -0.39 is 0 Å². The van der Waals surface area contributed by atoms with Crippen molar-refractivity contribution in [1.29, 1.82) is 0 Å². The summed E-state index contributed by atoms with van der Waals surface area (Å²) >= 11 is 0. The van der Waals surface area contributed by atoms with Gasteiger partial charge < -0.3 is 5.11 Å². The minimum absolute atomic E-state index is 0.261. The summed E-state index contributed by atoms with van der Waals surface area (Å²) in [5.74, 6) is 0.682. The predicted octanol–water partition coefficient (Wildman–Crippen LogP) is 4.22. The molecule has 100 valence electrons. The highest BCUT2D eigenvalue weighted by molar-refractivity contribution is 5.16. The Bertz CT molecular complexity index is 329. The first-order valence-corrected chi connectivity index (χ1v) is 7.03. The Kier molecular flexibility index (Phi) is 6.74. The Morgan fingerprint density at radius 2 is 1.94 bits per heavy atom. The Morgan fingerprint density at radius 1 is 1.28 bits per heavy atom. The first-order chi connectivity index (χ1) is 8.69. The van der Waals surface area contributed by atoms with Crippen LogP contribution in [0.2, 0.25) is 0 Å². The summed E-state index contributed by atoms with van der Waals surface area (Å²) in [4.78, 5) is 0. The lowest BCUT2D eigenvalue weighted by Gasteiger charge is -2.27. The predicted molar refractivity (Wildman–Crippen MR) is 78.5 cm³/mol. The second kappa shape index (κ2) is 8.10. The number of aliphatic hydroxyl groups is 1. The lowest BCUT2D eigenvalue weighted by atomic mass is 9.80. The Hall–Kier alpha value is -1.08. The van der Waals surface area contributed by atoms with Crippen molar-refractivity contribution >= 4 is 0 Å². The standard InChI is InChI=1S/C17H26O/c1-4-6-12-17(14(3)18)16(5-2)13-15-10-8-7-9-11-15/h5,7-11,14,16-18H,2,4,6,12-13H2,1,3H3/t14-,16?,17-/m0/s1. The molecule has 1 aromatic rings. The molecule has 0 saturated carbocycles. The molecule has 0 fully saturated rings. The number of rotatable bonds is 8. The summed E-state index contributed by atoms with van der Waals surface area (Å²) in [5, 5.41) is 9.97. The highest BCUT2D eigenvalue weighted by Gasteiger charge is 2.23. The second-order valence-corrected chi connectivity index (χ2v) is 5.14. The van der Waals surface area contributed by atoms with Crippen LogP contribution >= 0.6 is 0 Å². The molecule has 0 aliphatic heterocycles. The van der Waals surface area contributed by atoms with E-state index in [0.29, 0.717) is 11.8 Å². The van der Waals surface area contributed by atoms with E-state index in [9.17, 15) is 5.11 Å². The second-order valence-electron chi connectivity index (χ2n) is 5.14. The van der Waals surface area contributed by atoms with Crippen LogP contribution in [0.4, 0.5) is 0 Å². The first kappa shape index (κ1) is 15.0. The molecule has 0 bridgehead atoms. The Morgan fingerprint density at radius 3 is 2.44 bits per heavy atom. The maximum atomic E-state index is 9.97. The van der Waals surface area contributed by atoms with Crippen molar-refractivity contribution in [2.45, 2.75) is 45.6 Å². The van der Waals surface area contributed by atoms with Gasteiger partial charge in [-0.05, 0) is 37.2 Å². The molecule has 1 heteroatoms. The van der Waals surface area contributed by atoms with Crippen molar-refractivity contribution in [3.05, 3.63) is 48.6 Å². The molecule has 0 heterocycles. The third-order valence-electron chi connectivity index (χ3n) is 3.68. The van der Waals surface area contributed by atoms with E-state index in [1.165, 1.54) is 18.4 Å². The van der Waals surface area contributed by atoms with E-state index in [1.807, 2.05) is 19.1 Å². The molecule has 0 spiro atoms. The van der Waals surface area contributed by atoms with Gasteiger partial charge in [-0.3, -0.25) is 0 Å². The molecule has 18 heavy (non-hydrogen) atoms. The van der Waals surface area contributed by atoms with E-state index in [1.54, 1.807) is 0 Å². The topological polar surface area (TPSA) is 20.2 Å². The van der Waals surface area contributed by atoms with Crippen LogP contribution in [0.25, 0.3) is 0 Å². The zero-order valence-corrected chi connectivity index (χ0v) is 11.7. The number of allylic oxidation sites excluding steroid dienone is 1. The molecule has 1 aromatic carbocycles. The maximum Gasteiger partial charge on any atom is 0.0546 e. The normalized spacial score (nSPS) is 15.9. The molecule has 0 aliphatic rings. The summed E-state index contributed by atoms with van der Waals surface area (Å²) in [6.45, 7) is 8.06. The number of unbranched alkanes of at least 4 members (excludes halogenated alkanes) is 1. The fourth-order valence-corrected chi connectivity index (χ4v) is 2.55. The van der Waals surface area contributed by atoms with Gasteiger partial charge in [0.15, 0.2) is 0 Å². The Labute approximate surface area is 112 Å². The van der Waals surface area contributed by atoms with E-state index in [0.717, 1.165) is 12.8 Å². The van der Waals surface area contributed by atoms with Gasteiger partial charge in [-0.15, -0.1) is 6.58 Å². The molecular weight excluding hydrogens is 220 g/mol. The van der Waals surface area contributed by atoms with E-state index in [-0.39, 0.29) is 6.10 Å². The highest BCUT2D eigenvalue weighted by atomic mass is 16.3. The van der Waals surface area contributed by atoms with Crippen molar-refractivity contribution in [2.24, 2.45) is 11.8 Å². The van der Waals surface area contributed by atoms with Crippen LogP contribution in [-0.2, 0) is 6.42 Å². The summed E-state index contributed by atoms with van der Waals surface area (Å²) in [6.07, 6.45) is 6.16. The van der Waals surface area contributed by atoms with Gasteiger partial charge in [0.25, 0.3) is 0 Å². The minimum atomic E-state index is -0.261. The first-order valence-electron chi connectivity index (χ1n) is 7.03. The lowest BCUT2D eigenvalue weighted by Crippen LogP contribution is -2.26. The number of hydrogen-bond donors (Lipinski definition) is 1. The molecule has 1 N–H and O–H groups in total. The van der Waals surface area contributed by atoms with Crippen LogP contribution in [0, 0.1) is 11.8 Å². The third kappa shape index (κ3) is 4.66. The van der Waals surface area contributed by atoms with Gasteiger partial charge in [0.2, 0.25) is 0 Å². The molecule has 1 unspecified atom stereocenters. The maximum absolute atomic E-state index is 9.97. The summed E-state index contributed by atoms with van der Waals surface area (Å²) in [5.41, 5.74) is 1.32. The van der Waals surface area contributed by atoms with Gasteiger partial charge in [-0.25, -0.2) is 0 Å². The van der Waals surface area contributed by atoms with Crippen molar-refractivity contribution < 1.29 is 5.11 Å². The molecule has 0 aromatic heterocycles. The molecule has 1 nitrogen and oxygen atoms in total. The minimum Gasteiger partial charge on any atom is -0.393 e. The largest absolute Gasteiger partial charge is 0.393 e. The van der Waals surface area contributed by atoms with Crippen molar-refractivity contribution in [3.63, 3.8) is 0 Å². The molecule has 0 saturated heterocycles. The quantitative estimate of drug-likeness (QED) is 0.681. The van der Waals surface area contributed by atoms with Crippen LogP contribution < -0.4 is 0 Å². The van der Waals surface area contributed by atoms with E-state index in [4.69, 9.17) is 0 Å². The number of benzene rings is 1. The average molecular weight is 246 g/mol. The van der Waals surface area contributed by atoms with Gasteiger partial charge in [0.1, 0.15) is 0 Å². The van der Waals surface area contributed by atoms with Crippen LogP contribution in [0.1, 0.15) is 38.7 Å². The SMILES string of the molecule is C=CC(Cc1ccccc1)[C@@H](CCCC)[C@H](C)O. The number of aliphatic hydroxyl groups excluding tert-OH is 1. The number of hydrogen-bond acceptors (Lipinski definition) is 1. The van der Waals surface area contributed by atoms with Crippen LogP contribution in [0.15, 0.2) is 43.0 Å². The van der Waals surface area contributed by atoms with E-state index in [2.05, 4.69) is 37.8 Å². The van der Waals surface area contributed by atoms with Crippen LogP contribution in [0.5, 0.6) is 0 Å². The zero-order chi connectivity index (χ0) is 13.4. The molecular formula is C17H26O. The molecule has 0 radical (unpaired) electrons. The van der Waals surface area contributed by atoms with Crippen molar-refractivity contribution in [3.8, 4) is 0 Å². The van der Waals surface area contributed by atoms with Gasteiger partial charge in [0, 0.05) is 0 Å². The fraction of sp³-hybridized carbons (Fsp3) is 0.529. The highest BCUT2D eigenvalue weighted by Crippen LogP contribution is 2.26. The zero-order valence-electron chi connectivity index (χ0n) is 11.7. The average Bonchev–Trinajstić information content (AvgIpc) is 2.38. The third-order valence-corrected chi connectivity index (χ3v) is 3.68. The van der Waals surface area contributed by atoms with Gasteiger partial charge in [-0.1, -0.05) is 56.2 Å². The summed E-state index contributed by atoms with van der Waals surface area (Å²) < 4.78 is 0. The summed E-state index contributed by atoms with van der Waals surface area (Å²) in [6, 6.07) is 10.5. The molecule has 3 atom stereocenters. The van der Waals surface area contributed by atoms with Crippen LogP contribution in [-0.4, -0.2) is 11.2 Å². The van der Waals surface area contributed by atoms with Crippen molar-refractivity contribution in [2.75, 3.05) is 0 Å². The smallest absolute Gasteiger partial charge is 0.0546 e. The van der Waals surface area contributed by atoms with Gasteiger partial charge in [0.05, 0.1) is 6.10 Å². The molecule has 1 rings (SSSR count). The van der Waals surface area contributed by atoms with Gasteiger partial charge >= 0.3 is 0 Å².